The predicted octanol–water partition coefficient (Wildman–Crippen LogP) is 7.19. The average Bonchev–Trinajstić information content (AvgIpc) is 3.29. The van der Waals surface area contributed by atoms with Gasteiger partial charge in [0.2, 0.25) is 0 Å². The van der Waals surface area contributed by atoms with Gasteiger partial charge in [-0.2, -0.15) is 8.78 Å². The Morgan fingerprint density at radius 3 is 1.93 bits per heavy atom. The van der Waals surface area contributed by atoms with E-state index in [1.807, 2.05) is 52.0 Å². The van der Waals surface area contributed by atoms with Crippen molar-refractivity contribution in [3.63, 3.8) is 0 Å². The van der Waals surface area contributed by atoms with Gasteiger partial charge in [-0.3, -0.25) is 4.99 Å². The molecular formula is C24H34F2N2O2. The summed E-state index contributed by atoms with van der Waals surface area (Å²) in [6, 6.07) is 11.1. The fourth-order valence-corrected chi connectivity index (χ4v) is 1.82. The third kappa shape index (κ3) is 12.4. The number of hydrogen-bond donors (Lipinski definition) is 0. The van der Waals surface area contributed by atoms with Crippen LogP contribution in [0, 0.1) is 0 Å². The second-order valence-corrected chi connectivity index (χ2v) is 5.51. The number of hydrogen-bond acceptors (Lipinski definition) is 4. The Labute approximate surface area is 179 Å². The Hall–Kier alpha value is -3.02. The van der Waals surface area contributed by atoms with Crippen molar-refractivity contribution in [3.05, 3.63) is 72.7 Å². The maximum absolute atomic E-state index is 12.4. The zero-order chi connectivity index (χ0) is 23.5. The summed E-state index contributed by atoms with van der Waals surface area (Å²) in [6.07, 6.45) is -0.164. The summed E-state index contributed by atoms with van der Waals surface area (Å²) in [5, 5.41) is 0. The summed E-state index contributed by atoms with van der Waals surface area (Å²) in [5.41, 5.74) is 2.80. The molecule has 166 valence electrons. The van der Waals surface area contributed by atoms with E-state index in [0.717, 1.165) is 17.8 Å². The lowest BCUT2D eigenvalue weighted by molar-refractivity contribution is 0.196. The molecule has 0 saturated heterocycles. The molecule has 0 amide bonds. The second-order valence-electron chi connectivity index (χ2n) is 5.51. The second kappa shape index (κ2) is 18.0. The van der Waals surface area contributed by atoms with Crippen molar-refractivity contribution >= 4 is 23.9 Å². The highest BCUT2D eigenvalue weighted by atomic mass is 19.3. The molecule has 0 N–H and O–H groups in total. The Balaban J connectivity index is 0. The van der Waals surface area contributed by atoms with E-state index in [2.05, 4.69) is 29.9 Å². The van der Waals surface area contributed by atoms with Crippen LogP contribution in [0.1, 0.15) is 44.6 Å². The SMILES string of the molecule is C=C(C)c1ccco1.C=C(OC(=NC)C(F)F)c1ccc(CC)cc1.C=NC.CC. The molecule has 2 rings (SSSR count). The van der Waals surface area contributed by atoms with Gasteiger partial charge in [0.25, 0.3) is 5.90 Å². The molecule has 0 spiro atoms. The van der Waals surface area contributed by atoms with E-state index in [-0.39, 0.29) is 5.76 Å². The first-order valence-electron chi connectivity index (χ1n) is 9.55. The van der Waals surface area contributed by atoms with E-state index in [9.17, 15) is 8.78 Å². The van der Waals surface area contributed by atoms with Crippen LogP contribution in [-0.2, 0) is 11.2 Å². The number of aryl methyl sites for hydroxylation is 1. The summed E-state index contributed by atoms with van der Waals surface area (Å²) >= 11 is 0. The third-order valence-corrected chi connectivity index (χ3v) is 3.26. The summed E-state index contributed by atoms with van der Waals surface area (Å²) in [6.45, 7) is 18.4. The molecule has 0 aliphatic heterocycles. The van der Waals surface area contributed by atoms with Crippen LogP contribution in [0.3, 0.4) is 0 Å². The predicted molar refractivity (Wildman–Crippen MR) is 126 cm³/mol. The fourth-order valence-electron chi connectivity index (χ4n) is 1.82. The van der Waals surface area contributed by atoms with Crippen LogP contribution in [0.15, 0.2) is 70.2 Å². The molecular weight excluding hydrogens is 386 g/mol. The quantitative estimate of drug-likeness (QED) is 0.292. The van der Waals surface area contributed by atoms with Crippen molar-refractivity contribution in [3.8, 4) is 0 Å². The minimum Gasteiger partial charge on any atom is -0.465 e. The Morgan fingerprint density at radius 2 is 1.63 bits per heavy atom. The molecule has 0 saturated carbocycles. The van der Waals surface area contributed by atoms with Crippen LogP contribution < -0.4 is 0 Å². The Bertz CT molecular complexity index is 750. The van der Waals surface area contributed by atoms with E-state index in [4.69, 9.17) is 9.15 Å². The molecule has 0 aliphatic carbocycles. The van der Waals surface area contributed by atoms with E-state index in [0.29, 0.717) is 5.56 Å². The van der Waals surface area contributed by atoms with Gasteiger partial charge in [0.15, 0.2) is 0 Å². The van der Waals surface area contributed by atoms with E-state index in [1.165, 1.54) is 12.6 Å². The zero-order valence-corrected chi connectivity index (χ0v) is 18.9. The number of ether oxygens (including phenoxy) is 1. The topological polar surface area (TPSA) is 47.1 Å². The highest BCUT2D eigenvalue weighted by molar-refractivity contribution is 5.84. The van der Waals surface area contributed by atoms with Gasteiger partial charge in [-0.05, 0) is 43.3 Å². The van der Waals surface area contributed by atoms with Gasteiger partial charge in [0.05, 0.1) is 6.26 Å². The molecule has 0 unspecified atom stereocenters. The molecule has 2 aromatic rings. The van der Waals surface area contributed by atoms with Crippen LogP contribution in [-0.4, -0.2) is 33.1 Å². The lowest BCUT2D eigenvalue weighted by Gasteiger charge is -2.10. The lowest BCUT2D eigenvalue weighted by atomic mass is 10.1. The molecule has 0 atom stereocenters. The van der Waals surface area contributed by atoms with Crippen LogP contribution in [0.5, 0.6) is 0 Å². The molecule has 6 heteroatoms. The van der Waals surface area contributed by atoms with Crippen molar-refractivity contribution < 1.29 is 17.9 Å². The first-order valence-corrected chi connectivity index (χ1v) is 9.55. The summed E-state index contributed by atoms with van der Waals surface area (Å²) in [7, 11) is 2.90. The molecule has 0 bridgehead atoms. The van der Waals surface area contributed by atoms with Crippen molar-refractivity contribution in [2.45, 2.75) is 40.5 Å². The van der Waals surface area contributed by atoms with Gasteiger partial charge in [-0.25, -0.2) is 0 Å². The lowest BCUT2D eigenvalue weighted by Crippen LogP contribution is -2.13. The standard InChI is InChI=1S/C13H15F2NO.C7H8O.C2H5N.C2H6/c1-4-10-5-7-11(8-6-10)9(2)17-13(16-3)12(14)15;1-6(2)7-4-3-5-8-7;1-3-2;1-2/h5-8,12H,2,4H2,1,3H3;3-5H,1H2,2H3;1H2,2H3;1-2H3. The smallest absolute Gasteiger partial charge is 0.312 e. The van der Waals surface area contributed by atoms with Crippen molar-refractivity contribution in [2.24, 2.45) is 9.98 Å². The summed E-state index contributed by atoms with van der Waals surface area (Å²) in [4.78, 5) is 6.62. The van der Waals surface area contributed by atoms with Gasteiger partial charge >= 0.3 is 6.43 Å². The highest BCUT2D eigenvalue weighted by Gasteiger charge is 2.15. The molecule has 1 aromatic carbocycles. The summed E-state index contributed by atoms with van der Waals surface area (Å²) in [5.74, 6) is 0.424. The molecule has 4 nitrogen and oxygen atoms in total. The molecule has 30 heavy (non-hydrogen) atoms. The third-order valence-electron chi connectivity index (χ3n) is 3.26. The maximum Gasteiger partial charge on any atom is 0.312 e. The molecule has 1 heterocycles. The number of rotatable bonds is 5. The first-order chi connectivity index (χ1) is 14.3. The van der Waals surface area contributed by atoms with Crippen LogP contribution in [0.4, 0.5) is 8.78 Å². The van der Waals surface area contributed by atoms with Crippen molar-refractivity contribution in [2.75, 3.05) is 14.1 Å². The van der Waals surface area contributed by atoms with Gasteiger partial charge < -0.3 is 14.1 Å². The number of alkyl halides is 2. The fraction of sp³-hybridized carbons (Fsp3) is 0.333. The van der Waals surface area contributed by atoms with E-state index in [1.54, 1.807) is 25.4 Å². The largest absolute Gasteiger partial charge is 0.465 e. The van der Waals surface area contributed by atoms with Crippen molar-refractivity contribution in [1.29, 1.82) is 0 Å². The first kappa shape index (κ1) is 29.2. The van der Waals surface area contributed by atoms with Crippen LogP contribution >= 0.6 is 0 Å². The number of nitrogens with zero attached hydrogens (tertiary/aromatic N) is 2. The van der Waals surface area contributed by atoms with Crippen molar-refractivity contribution in [1.82, 2.24) is 0 Å². The zero-order valence-electron chi connectivity index (χ0n) is 18.9. The molecule has 0 radical (unpaired) electrons. The normalized spacial score (nSPS) is 9.70. The molecule has 0 aliphatic rings. The average molecular weight is 421 g/mol. The maximum atomic E-state index is 12.4. The van der Waals surface area contributed by atoms with Crippen LogP contribution in [0.25, 0.3) is 11.3 Å². The van der Waals surface area contributed by atoms with E-state index < -0.39 is 12.3 Å². The van der Waals surface area contributed by atoms with Gasteiger partial charge in [0, 0.05) is 19.7 Å². The summed E-state index contributed by atoms with van der Waals surface area (Å²) < 4.78 is 34.7. The molecule has 0 fully saturated rings. The molecule has 1 aromatic heterocycles. The number of benzene rings is 1. The highest BCUT2D eigenvalue weighted by Crippen LogP contribution is 2.17. The van der Waals surface area contributed by atoms with Gasteiger partial charge in [-0.15, -0.1) is 0 Å². The van der Waals surface area contributed by atoms with Gasteiger partial charge in [-0.1, -0.05) is 58.2 Å². The number of furan rings is 1. The number of halogens is 2. The van der Waals surface area contributed by atoms with E-state index >= 15 is 0 Å². The minimum absolute atomic E-state index is 0.175. The van der Waals surface area contributed by atoms with Gasteiger partial charge in [0.1, 0.15) is 11.5 Å². The Kier molecular flexibility index (Phi) is 17.5. The minimum atomic E-state index is -2.73. The van der Waals surface area contributed by atoms with Crippen LogP contribution in [0.2, 0.25) is 0 Å². The Morgan fingerprint density at radius 1 is 1.10 bits per heavy atom. The monoisotopic (exact) mass is 420 g/mol. The number of aliphatic imine (C=N–C) groups is 2. The number of allylic oxidation sites excluding steroid dienone is 1.